The molecule has 22 heavy (non-hydrogen) atoms. The summed E-state index contributed by atoms with van der Waals surface area (Å²) in [6.07, 6.45) is 0. The Labute approximate surface area is 132 Å². The van der Waals surface area contributed by atoms with E-state index >= 15 is 0 Å². The van der Waals surface area contributed by atoms with E-state index in [1.807, 2.05) is 30.3 Å². The van der Waals surface area contributed by atoms with E-state index in [1.54, 1.807) is 25.1 Å². The number of ether oxygens (including phenoxy) is 1. The molecule has 0 spiro atoms. The van der Waals surface area contributed by atoms with Crippen LogP contribution in [0.3, 0.4) is 0 Å². The zero-order valence-electron chi connectivity index (χ0n) is 12.0. The molecule has 5 heteroatoms. The van der Waals surface area contributed by atoms with Crippen LogP contribution in [0.25, 0.3) is 10.1 Å². The van der Waals surface area contributed by atoms with Gasteiger partial charge in [0.1, 0.15) is 10.6 Å². The van der Waals surface area contributed by atoms with Crippen molar-refractivity contribution in [3.8, 4) is 5.75 Å². The zero-order chi connectivity index (χ0) is 15.5. The highest BCUT2D eigenvalue weighted by molar-refractivity contribution is 7.21. The van der Waals surface area contributed by atoms with Crippen molar-refractivity contribution in [1.82, 2.24) is 0 Å². The Hall–Kier alpha value is -2.53. The number of fused-ring (bicyclic) bond motifs is 1. The van der Waals surface area contributed by atoms with Crippen LogP contribution in [-0.2, 0) is 4.74 Å². The maximum atomic E-state index is 12.2. The minimum atomic E-state index is -0.360. The summed E-state index contributed by atoms with van der Waals surface area (Å²) in [5, 5.41) is 14.0. The molecular formula is C17H15NO3S. The number of esters is 1. The van der Waals surface area contributed by atoms with E-state index in [0.717, 1.165) is 10.1 Å². The van der Waals surface area contributed by atoms with E-state index in [4.69, 9.17) is 4.74 Å². The van der Waals surface area contributed by atoms with E-state index in [-0.39, 0.29) is 11.7 Å². The highest BCUT2D eigenvalue weighted by Gasteiger charge is 2.20. The van der Waals surface area contributed by atoms with Gasteiger partial charge in [-0.15, -0.1) is 11.3 Å². The monoisotopic (exact) mass is 313 g/mol. The van der Waals surface area contributed by atoms with Crippen molar-refractivity contribution in [2.75, 3.05) is 11.9 Å². The number of aromatic hydroxyl groups is 1. The van der Waals surface area contributed by atoms with Gasteiger partial charge in [-0.2, -0.15) is 0 Å². The lowest BCUT2D eigenvalue weighted by molar-refractivity contribution is 0.0533. The van der Waals surface area contributed by atoms with Crippen LogP contribution in [0.15, 0.2) is 48.5 Å². The molecule has 0 aliphatic heterocycles. The highest BCUT2D eigenvalue weighted by Crippen LogP contribution is 2.39. The van der Waals surface area contributed by atoms with Crippen LogP contribution in [0.4, 0.5) is 11.4 Å². The topological polar surface area (TPSA) is 58.6 Å². The number of carbonyl (C=O) groups excluding carboxylic acids is 1. The Morgan fingerprint density at radius 3 is 2.68 bits per heavy atom. The van der Waals surface area contributed by atoms with Crippen LogP contribution >= 0.6 is 11.3 Å². The van der Waals surface area contributed by atoms with Gasteiger partial charge < -0.3 is 15.2 Å². The van der Waals surface area contributed by atoms with Gasteiger partial charge >= 0.3 is 5.97 Å². The van der Waals surface area contributed by atoms with E-state index in [0.29, 0.717) is 22.9 Å². The first-order valence-electron chi connectivity index (χ1n) is 6.94. The number of phenolic OH excluding ortho intramolecular Hbond substituents is 1. The molecule has 1 aromatic heterocycles. The van der Waals surface area contributed by atoms with Crippen molar-refractivity contribution < 1.29 is 14.6 Å². The molecule has 0 amide bonds. The Morgan fingerprint density at radius 2 is 1.91 bits per heavy atom. The molecular weight excluding hydrogens is 298 g/mol. The molecule has 0 atom stereocenters. The zero-order valence-corrected chi connectivity index (χ0v) is 12.8. The molecule has 0 saturated carbocycles. The van der Waals surface area contributed by atoms with Gasteiger partial charge in [0.15, 0.2) is 0 Å². The van der Waals surface area contributed by atoms with Gasteiger partial charge in [0, 0.05) is 10.1 Å². The third-order valence-corrected chi connectivity index (χ3v) is 4.37. The first kappa shape index (κ1) is 14.4. The second kappa shape index (κ2) is 6.07. The molecule has 2 aromatic carbocycles. The van der Waals surface area contributed by atoms with Gasteiger partial charge in [-0.05, 0) is 25.1 Å². The fraction of sp³-hybridized carbons (Fsp3) is 0.118. The van der Waals surface area contributed by atoms with Crippen molar-refractivity contribution in [2.45, 2.75) is 6.92 Å². The molecule has 0 fully saturated rings. The normalized spacial score (nSPS) is 10.6. The maximum absolute atomic E-state index is 12.2. The molecule has 0 radical (unpaired) electrons. The summed E-state index contributed by atoms with van der Waals surface area (Å²) >= 11 is 1.38. The van der Waals surface area contributed by atoms with Crippen LogP contribution in [0.1, 0.15) is 16.6 Å². The SMILES string of the molecule is CCOC(=O)c1sc2ccccc2c1Nc1ccccc1O. The first-order chi connectivity index (χ1) is 10.7. The average molecular weight is 313 g/mol. The van der Waals surface area contributed by atoms with Crippen LogP contribution < -0.4 is 5.32 Å². The van der Waals surface area contributed by atoms with Crippen molar-refractivity contribution in [3.05, 3.63) is 53.4 Å². The number of thiophene rings is 1. The molecule has 0 saturated heterocycles. The molecule has 0 aliphatic carbocycles. The summed E-state index contributed by atoms with van der Waals surface area (Å²) in [6.45, 7) is 2.10. The third kappa shape index (κ3) is 2.63. The quantitative estimate of drug-likeness (QED) is 0.549. The number of para-hydroxylation sites is 2. The highest BCUT2D eigenvalue weighted by atomic mass is 32.1. The summed E-state index contributed by atoms with van der Waals surface area (Å²) in [7, 11) is 0. The number of anilines is 2. The number of carbonyl (C=O) groups is 1. The van der Waals surface area contributed by atoms with E-state index in [9.17, 15) is 9.90 Å². The van der Waals surface area contributed by atoms with Gasteiger partial charge in [0.25, 0.3) is 0 Å². The summed E-state index contributed by atoms with van der Waals surface area (Å²) in [4.78, 5) is 12.7. The maximum Gasteiger partial charge on any atom is 0.350 e. The molecule has 2 N–H and O–H groups in total. The summed E-state index contributed by atoms with van der Waals surface area (Å²) < 4.78 is 6.12. The number of benzene rings is 2. The average Bonchev–Trinajstić information content (AvgIpc) is 2.89. The lowest BCUT2D eigenvalue weighted by Gasteiger charge is -2.09. The van der Waals surface area contributed by atoms with Crippen LogP contribution in [0.2, 0.25) is 0 Å². The predicted octanol–water partition coefficient (Wildman–Crippen LogP) is 4.53. The molecule has 0 aliphatic rings. The summed E-state index contributed by atoms with van der Waals surface area (Å²) in [6, 6.07) is 14.7. The Bertz CT molecular complexity index is 826. The minimum absolute atomic E-state index is 0.132. The number of rotatable bonds is 4. The standard InChI is InChI=1S/C17H15NO3S/c1-2-21-17(20)16-15(11-7-3-6-10-14(11)22-16)18-12-8-4-5-9-13(12)19/h3-10,18-19H,2H2,1H3. The number of nitrogens with one attached hydrogen (secondary N) is 1. The van der Waals surface area contributed by atoms with E-state index in [1.165, 1.54) is 11.3 Å². The molecule has 112 valence electrons. The lowest BCUT2D eigenvalue weighted by Crippen LogP contribution is -2.05. The van der Waals surface area contributed by atoms with Crippen molar-refractivity contribution in [1.29, 1.82) is 0 Å². The number of hydrogen-bond donors (Lipinski definition) is 2. The lowest BCUT2D eigenvalue weighted by atomic mass is 10.2. The van der Waals surface area contributed by atoms with Crippen LogP contribution in [0, 0.1) is 0 Å². The largest absolute Gasteiger partial charge is 0.506 e. The van der Waals surface area contributed by atoms with Crippen LogP contribution in [-0.4, -0.2) is 17.7 Å². The van der Waals surface area contributed by atoms with Gasteiger partial charge in [0.2, 0.25) is 0 Å². The van der Waals surface area contributed by atoms with E-state index in [2.05, 4.69) is 5.32 Å². The van der Waals surface area contributed by atoms with E-state index < -0.39 is 0 Å². The number of hydrogen-bond acceptors (Lipinski definition) is 5. The van der Waals surface area contributed by atoms with Crippen molar-refractivity contribution in [3.63, 3.8) is 0 Å². The molecule has 3 rings (SSSR count). The Morgan fingerprint density at radius 1 is 1.18 bits per heavy atom. The third-order valence-electron chi connectivity index (χ3n) is 3.22. The Kier molecular flexibility index (Phi) is 3.98. The number of phenols is 1. The smallest absolute Gasteiger partial charge is 0.350 e. The molecule has 4 nitrogen and oxygen atoms in total. The molecule has 0 bridgehead atoms. The van der Waals surface area contributed by atoms with Gasteiger partial charge in [-0.1, -0.05) is 30.3 Å². The first-order valence-corrected chi connectivity index (χ1v) is 7.76. The molecule has 0 unspecified atom stereocenters. The Balaban J connectivity index is 2.11. The second-order valence-electron chi connectivity index (χ2n) is 4.66. The fourth-order valence-electron chi connectivity index (χ4n) is 2.22. The predicted molar refractivity (Wildman–Crippen MR) is 89.2 cm³/mol. The summed E-state index contributed by atoms with van der Waals surface area (Å²) in [5.74, 6) is -0.228. The van der Waals surface area contributed by atoms with Crippen molar-refractivity contribution >= 4 is 38.8 Å². The van der Waals surface area contributed by atoms with Crippen LogP contribution in [0.5, 0.6) is 5.75 Å². The van der Waals surface area contributed by atoms with Gasteiger partial charge in [0.05, 0.1) is 18.0 Å². The summed E-state index contributed by atoms with van der Waals surface area (Å²) in [5.41, 5.74) is 1.22. The van der Waals surface area contributed by atoms with Crippen molar-refractivity contribution in [2.24, 2.45) is 0 Å². The van der Waals surface area contributed by atoms with Gasteiger partial charge in [-0.3, -0.25) is 0 Å². The second-order valence-corrected chi connectivity index (χ2v) is 5.72. The minimum Gasteiger partial charge on any atom is -0.506 e. The molecule has 3 aromatic rings. The fourth-order valence-corrected chi connectivity index (χ4v) is 3.28. The molecule has 1 heterocycles. The van der Waals surface area contributed by atoms with Gasteiger partial charge in [-0.25, -0.2) is 4.79 Å².